The Labute approximate surface area is 170 Å². The maximum absolute atomic E-state index is 12.3. The topological polar surface area (TPSA) is 58.2 Å². The Kier molecular flexibility index (Phi) is 5.14. The summed E-state index contributed by atoms with van der Waals surface area (Å²) in [5.41, 5.74) is 4.10. The molecule has 0 bridgehead atoms. The monoisotopic (exact) mass is 424 g/mol. The number of hydrogen-bond acceptors (Lipinski definition) is 3. The summed E-state index contributed by atoms with van der Waals surface area (Å²) in [6.07, 6.45) is 3.45. The van der Waals surface area contributed by atoms with Crippen LogP contribution >= 0.6 is 23.2 Å². The summed E-state index contributed by atoms with van der Waals surface area (Å²) in [4.78, 5) is 0. The second-order valence-corrected chi connectivity index (χ2v) is 10.1. The van der Waals surface area contributed by atoms with Gasteiger partial charge in [0.05, 0.1) is 15.3 Å². The van der Waals surface area contributed by atoms with Gasteiger partial charge in [-0.2, -0.15) is 0 Å². The smallest absolute Gasteiger partial charge is 0.235 e. The molecule has 0 amide bonds. The van der Waals surface area contributed by atoms with Crippen LogP contribution in [0.1, 0.15) is 54.3 Å². The molecular formula is C20H22Cl2N2O2S. The Morgan fingerprint density at radius 3 is 2.37 bits per heavy atom. The normalized spacial score (nSPS) is 22.3. The van der Waals surface area contributed by atoms with Gasteiger partial charge in [-0.25, -0.2) is 8.42 Å². The molecule has 0 saturated heterocycles. The molecule has 0 radical (unpaired) electrons. The lowest BCUT2D eigenvalue weighted by Crippen LogP contribution is -2.25. The van der Waals surface area contributed by atoms with Gasteiger partial charge in [0, 0.05) is 17.6 Å². The number of rotatable bonds is 5. The first kappa shape index (κ1) is 19.1. The van der Waals surface area contributed by atoms with Crippen LogP contribution in [0.4, 0.5) is 5.69 Å². The Balaban J connectivity index is 1.70. The van der Waals surface area contributed by atoms with E-state index in [1.54, 1.807) is 0 Å². The summed E-state index contributed by atoms with van der Waals surface area (Å²) in [6, 6.07) is 11.9. The molecule has 2 aromatic rings. The minimum atomic E-state index is -3.27. The maximum Gasteiger partial charge on any atom is 0.235 e. The van der Waals surface area contributed by atoms with Crippen LogP contribution < -0.4 is 10.0 Å². The first-order chi connectivity index (χ1) is 12.9. The lowest BCUT2D eigenvalue weighted by atomic mass is 9.76. The highest BCUT2D eigenvalue weighted by Crippen LogP contribution is 2.43. The molecule has 4 nitrogen and oxygen atoms in total. The summed E-state index contributed by atoms with van der Waals surface area (Å²) in [6.45, 7) is 0. The first-order valence-electron chi connectivity index (χ1n) is 9.16. The number of fused-ring (bicyclic) bond motifs is 1. The molecule has 2 N–H and O–H groups in total. The number of sulfonamides is 1. The van der Waals surface area contributed by atoms with Crippen LogP contribution in [0.15, 0.2) is 36.4 Å². The van der Waals surface area contributed by atoms with E-state index >= 15 is 0 Å². The molecule has 0 spiro atoms. The zero-order chi connectivity index (χ0) is 19.2. The third-order valence-electron chi connectivity index (χ3n) is 5.50. The second kappa shape index (κ2) is 7.28. The SMILES string of the molecule is CN[C@H]1CC[C@@H](c2ccc(Cl)c(Cl)c2)c2ccc(NS(=O)(=O)C3CC3)cc21. The van der Waals surface area contributed by atoms with Crippen molar-refractivity contribution in [3.8, 4) is 0 Å². The third kappa shape index (κ3) is 3.83. The maximum atomic E-state index is 12.3. The van der Waals surface area contributed by atoms with Gasteiger partial charge in [-0.1, -0.05) is 35.3 Å². The zero-order valence-corrected chi connectivity index (χ0v) is 17.3. The second-order valence-electron chi connectivity index (χ2n) is 7.33. The molecule has 4 rings (SSSR count). The van der Waals surface area contributed by atoms with Crippen molar-refractivity contribution >= 4 is 38.9 Å². The molecule has 2 aliphatic carbocycles. The highest BCUT2D eigenvalue weighted by Gasteiger charge is 2.36. The lowest BCUT2D eigenvalue weighted by molar-refractivity contribution is 0.471. The summed E-state index contributed by atoms with van der Waals surface area (Å²) in [5.74, 6) is 0.216. The third-order valence-corrected chi connectivity index (χ3v) is 8.11. The quantitative estimate of drug-likeness (QED) is 0.702. The van der Waals surface area contributed by atoms with Crippen LogP contribution in [0.25, 0.3) is 0 Å². The predicted molar refractivity (Wildman–Crippen MR) is 111 cm³/mol. The summed E-state index contributed by atoms with van der Waals surface area (Å²) in [5, 5.41) is 4.22. The molecule has 2 aromatic carbocycles. The van der Waals surface area contributed by atoms with Gasteiger partial charge < -0.3 is 5.32 Å². The van der Waals surface area contributed by atoms with Crippen molar-refractivity contribution in [1.82, 2.24) is 5.32 Å². The van der Waals surface area contributed by atoms with E-state index in [4.69, 9.17) is 23.2 Å². The van der Waals surface area contributed by atoms with Gasteiger partial charge in [0.2, 0.25) is 10.0 Å². The molecule has 2 atom stereocenters. The molecule has 1 saturated carbocycles. The summed E-state index contributed by atoms with van der Waals surface area (Å²) >= 11 is 12.3. The first-order valence-corrected chi connectivity index (χ1v) is 11.5. The predicted octanol–water partition coefficient (Wildman–Crippen LogP) is 5.08. The van der Waals surface area contributed by atoms with E-state index in [-0.39, 0.29) is 17.2 Å². The molecule has 0 unspecified atom stereocenters. The number of hydrogen-bond donors (Lipinski definition) is 2. The van der Waals surface area contributed by atoms with E-state index in [1.165, 1.54) is 5.56 Å². The van der Waals surface area contributed by atoms with Gasteiger partial charge in [0.25, 0.3) is 0 Å². The van der Waals surface area contributed by atoms with Crippen LogP contribution in [-0.2, 0) is 10.0 Å². The van der Waals surface area contributed by atoms with E-state index in [1.807, 2.05) is 43.4 Å². The molecule has 0 aromatic heterocycles. The van der Waals surface area contributed by atoms with E-state index in [2.05, 4.69) is 10.0 Å². The molecular weight excluding hydrogens is 403 g/mol. The van der Waals surface area contributed by atoms with Crippen molar-refractivity contribution in [2.75, 3.05) is 11.8 Å². The van der Waals surface area contributed by atoms with Crippen molar-refractivity contribution in [2.45, 2.75) is 42.9 Å². The van der Waals surface area contributed by atoms with E-state index in [9.17, 15) is 8.42 Å². The van der Waals surface area contributed by atoms with Gasteiger partial charge in [0.1, 0.15) is 0 Å². The average molecular weight is 425 g/mol. The highest BCUT2D eigenvalue weighted by atomic mass is 35.5. The van der Waals surface area contributed by atoms with Gasteiger partial charge in [-0.05, 0) is 73.7 Å². The van der Waals surface area contributed by atoms with Crippen LogP contribution in [0, 0.1) is 0 Å². The number of benzene rings is 2. The Morgan fingerprint density at radius 1 is 0.926 bits per heavy atom. The average Bonchev–Trinajstić information content (AvgIpc) is 3.48. The highest BCUT2D eigenvalue weighted by molar-refractivity contribution is 7.93. The Bertz CT molecular complexity index is 974. The van der Waals surface area contributed by atoms with Crippen molar-refractivity contribution in [3.63, 3.8) is 0 Å². The van der Waals surface area contributed by atoms with Gasteiger partial charge >= 0.3 is 0 Å². The van der Waals surface area contributed by atoms with Crippen molar-refractivity contribution in [3.05, 3.63) is 63.1 Å². The van der Waals surface area contributed by atoms with Crippen molar-refractivity contribution in [1.29, 1.82) is 0 Å². The van der Waals surface area contributed by atoms with E-state index < -0.39 is 10.0 Å². The summed E-state index contributed by atoms with van der Waals surface area (Å²) in [7, 11) is -1.33. The number of nitrogens with one attached hydrogen (secondary N) is 2. The molecule has 1 fully saturated rings. The number of halogens is 2. The van der Waals surface area contributed by atoms with Gasteiger partial charge in [-0.15, -0.1) is 0 Å². The van der Waals surface area contributed by atoms with Crippen molar-refractivity contribution in [2.24, 2.45) is 0 Å². The van der Waals surface area contributed by atoms with Gasteiger partial charge in [0.15, 0.2) is 0 Å². The van der Waals surface area contributed by atoms with Crippen LogP contribution in [0.3, 0.4) is 0 Å². The minimum Gasteiger partial charge on any atom is -0.313 e. The molecule has 2 aliphatic rings. The fourth-order valence-corrected chi connectivity index (χ4v) is 5.59. The molecule has 27 heavy (non-hydrogen) atoms. The molecule has 7 heteroatoms. The van der Waals surface area contributed by atoms with Crippen LogP contribution in [-0.4, -0.2) is 20.7 Å². The van der Waals surface area contributed by atoms with Crippen LogP contribution in [0.2, 0.25) is 10.0 Å². The minimum absolute atomic E-state index is 0.199. The zero-order valence-electron chi connectivity index (χ0n) is 15.0. The fraction of sp³-hybridized carbons (Fsp3) is 0.400. The molecule has 0 heterocycles. The fourth-order valence-electron chi connectivity index (χ4n) is 3.90. The standard InChI is InChI=1S/C20H22Cl2N2O2S/c1-23-20-9-7-15(12-2-8-18(21)19(22)10-12)16-6-3-13(11-17(16)20)24-27(25,26)14-4-5-14/h2-3,6,8,10-11,14-15,20,23-24H,4-5,7,9H2,1H3/t15-,20-/m0/s1. The van der Waals surface area contributed by atoms with Crippen LogP contribution in [0.5, 0.6) is 0 Å². The Morgan fingerprint density at radius 2 is 1.70 bits per heavy atom. The van der Waals surface area contributed by atoms with Crippen molar-refractivity contribution < 1.29 is 8.42 Å². The van der Waals surface area contributed by atoms with Gasteiger partial charge in [-0.3, -0.25) is 4.72 Å². The molecule has 144 valence electrons. The largest absolute Gasteiger partial charge is 0.313 e. The van der Waals surface area contributed by atoms with E-state index in [0.29, 0.717) is 15.7 Å². The Hall–Kier alpha value is -1.27. The molecule has 0 aliphatic heterocycles. The summed E-state index contributed by atoms with van der Waals surface area (Å²) < 4.78 is 27.3. The lowest BCUT2D eigenvalue weighted by Gasteiger charge is -2.32. The van der Waals surface area contributed by atoms with E-state index in [0.717, 1.165) is 36.8 Å². The number of anilines is 1.